The summed E-state index contributed by atoms with van der Waals surface area (Å²) in [7, 11) is -3.60. The van der Waals surface area contributed by atoms with Crippen LogP contribution in [0.3, 0.4) is 0 Å². The van der Waals surface area contributed by atoms with Crippen LogP contribution in [0.4, 0.5) is 11.4 Å². The number of carbonyl (C=O) groups is 1. The van der Waals surface area contributed by atoms with Gasteiger partial charge in [0.05, 0.1) is 21.2 Å². The summed E-state index contributed by atoms with van der Waals surface area (Å²) < 4.78 is 25.3. The Hall–Kier alpha value is -2.96. The summed E-state index contributed by atoms with van der Waals surface area (Å²) in [5.41, 5.74) is 2.86. The van der Waals surface area contributed by atoms with E-state index in [0.717, 1.165) is 5.56 Å². The van der Waals surface area contributed by atoms with Gasteiger partial charge in [0.1, 0.15) is 5.71 Å². The van der Waals surface area contributed by atoms with Gasteiger partial charge in [-0.1, -0.05) is 29.8 Å². The summed E-state index contributed by atoms with van der Waals surface area (Å²) in [5.74, 6) is -0.318. The molecule has 5 nitrogen and oxygen atoms in total. The van der Waals surface area contributed by atoms with E-state index >= 15 is 0 Å². The van der Waals surface area contributed by atoms with Crippen LogP contribution in [0.1, 0.15) is 11.1 Å². The van der Waals surface area contributed by atoms with E-state index in [4.69, 9.17) is 11.6 Å². The van der Waals surface area contributed by atoms with Gasteiger partial charge in [0, 0.05) is 10.6 Å². The van der Waals surface area contributed by atoms with Gasteiger partial charge in [-0.05, 0) is 61.0 Å². The van der Waals surface area contributed by atoms with Crippen molar-refractivity contribution in [3.05, 3.63) is 82.9 Å². The first-order valence-corrected chi connectivity index (χ1v) is 10.3. The highest BCUT2D eigenvalue weighted by molar-refractivity contribution is 7.91. The van der Waals surface area contributed by atoms with Crippen molar-refractivity contribution >= 4 is 44.4 Å². The number of sulfone groups is 1. The molecule has 1 N–H and O–H groups in total. The number of anilines is 1. The second kappa shape index (κ2) is 6.89. The van der Waals surface area contributed by atoms with Gasteiger partial charge < -0.3 is 5.32 Å². The van der Waals surface area contributed by atoms with Crippen LogP contribution in [0.2, 0.25) is 5.02 Å². The fourth-order valence-electron chi connectivity index (χ4n) is 3.02. The Balaban J connectivity index is 1.70. The molecular formula is C21H15ClN2O3S. The molecule has 1 amide bonds. The van der Waals surface area contributed by atoms with E-state index < -0.39 is 9.84 Å². The van der Waals surface area contributed by atoms with Crippen LogP contribution < -0.4 is 5.32 Å². The standard InChI is InChI=1S/C21H15ClN2O3S/c1-13-18(22)12-11-17-19(13)24-21(25)20(17)23-14-7-9-16(10-8-14)28(26,27)15-5-3-2-4-6-15/h2-12H,1H3,(H,23,24,25). The van der Waals surface area contributed by atoms with Crippen molar-refractivity contribution in [2.75, 3.05) is 5.32 Å². The maximum atomic E-state index is 12.7. The zero-order valence-corrected chi connectivity index (χ0v) is 16.4. The largest absolute Gasteiger partial charge is 0.320 e. The van der Waals surface area contributed by atoms with Gasteiger partial charge >= 0.3 is 0 Å². The van der Waals surface area contributed by atoms with Gasteiger partial charge in [-0.15, -0.1) is 0 Å². The predicted molar refractivity (Wildman–Crippen MR) is 109 cm³/mol. The number of amides is 1. The Morgan fingerprint density at radius 2 is 1.54 bits per heavy atom. The van der Waals surface area contributed by atoms with Crippen molar-refractivity contribution in [1.29, 1.82) is 0 Å². The normalized spacial score (nSPS) is 14.8. The van der Waals surface area contributed by atoms with Crippen molar-refractivity contribution in [2.45, 2.75) is 16.7 Å². The van der Waals surface area contributed by atoms with Crippen LogP contribution in [0.5, 0.6) is 0 Å². The van der Waals surface area contributed by atoms with Gasteiger partial charge in [-0.2, -0.15) is 0 Å². The molecule has 3 aromatic carbocycles. The molecule has 0 spiro atoms. The monoisotopic (exact) mass is 410 g/mol. The van der Waals surface area contributed by atoms with Crippen molar-refractivity contribution < 1.29 is 13.2 Å². The van der Waals surface area contributed by atoms with Crippen molar-refractivity contribution in [3.8, 4) is 0 Å². The lowest BCUT2D eigenvalue weighted by molar-refractivity contribution is -0.110. The van der Waals surface area contributed by atoms with E-state index in [1.54, 1.807) is 54.6 Å². The van der Waals surface area contributed by atoms with E-state index in [-0.39, 0.29) is 21.4 Å². The number of nitrogens with one attached hydrogen (secondary N) is 1. The molecular weight excluding hydrogens is 396 g/mol. The van der Waals surface area contributed by atoms with E-state index in [1.807, 2.05) is 6.92 Å². The lowest BCUT2D eigenvalue weighted by Gasteiger charge is -2.05. The number of carbonyl (C=O) groups excluding carboxylic acids is 1. The van der Waals surface area contributed by atoms with Crippen LogP contribution >= 0.6 is 11.6 Å². The molecule has 1 heterocycles. The molecule has 0 atom stereocenters. The molecule has 0 saturated heterocycles. The molecule has 4 rings (SSSR count). The molecule has 1 aliphatic heterocycles. The van der Waals surface area contributed by atoms with Gasteiger partial charge in [-0.25, -0.2) is 13.4 Å². The highest BCUT2D eigenvalue weighted by Crippen LogP contribution is 2.33. The molecule has 0 radical (unpaired) electrons. The van der Waals surface area contributed by atoms with E-state index in [1.165, 1.54) is 12.1 Å². The van der Waals surface area contributed by atoms with Gasteiger partial charge in [-0.3, -0.25) is 4.79 Å². The van der Waals surface area contributed by atoms with Gasteiger partial charge in [0.15, 0.2) is 0 Å². The summed E-state index contributed by atoms with van der Waals surface area (Å²) in [4.78, 5) is 17.1. The number of halogens is 1. The minimum atomic E-state index is -3.60. The summed E-state index contributed by atoms with van der Waals surface area (Å²) >= 11 is 6.11. The van der Waals surface area contributed by atoms with Crippen molar-refractivity contribution in [1.82, 2.24) is 0 Å². The second-order valence-electron chi connectivity index (χ2n) is 6.32. The number of aliphatic imine (C=N–C) groups is 1. The topological polar surface area (TPSA) is 75.6 Å². The highest BCUT2D eigenvalue weighted by atomic mass is 35.5. The van der Waals surface area contributed by atoms with Crippen LogP contribution in [-0.2, 0) is 14.6 Å². The van der Waals surface area contributed by atoms with Crippen molar-refractivity contribution in [3.63, 3.8) is 0 Å². The minimum absolute atomic E-state index is 0.168. The van der Waals surface area contributed by atoms with E-state index in [2.05, 4.69) is 10.3 Å². The molecule has 7 heteroatoms. The first kappa shape index (κ1) is 18.4. The highest BCUT2D eigenvalue weighted by Gasteiger charge is 2.28. The first-order valence-electron chi connectivity index (χ1n) is 8.47. The molecule has 0 bridgehead atoms. The summed E-state index contributed by atoms with van der Waals surface area (Å²) in [6.45, 7) is 1.83. The molecule has 0 aromatic heterocycles. The Bertz CT molecular complexity index is 1220. The van der Waals surface area contributed by atoms with Crippen molar-refractivity contribution in [2.24, 2.45) is 4.99 Å². The predicted octanol–water partition coefficient (Wildman–Crippen LogP) is 4.55. The van der Waals surface area contributed by atoms with Crippen LogP contribution in [0.25, 0.3) is 0 Å². The average molecular weight is 411 g/mol. The third-order valence-corrected chi connectivity index (χ3v) is 6.74. The first-order chi connectivity index (χ1) is 13.4. The molecule has 140 valence electrons. The lowest BCUT2D eigenvalue weighted by Crippen LogP contribution is -2.14. The quantitative estimate of drug-likeness (QED) is 0.688. The van der Waals surface area contributed by atoms with Crippen LogP contribution in [0.15, 0.2) is 81.5 Å². The average Bonchev–Trinajstić information content (AvgIpc) is 3.02. The number of nitrogens with zero attached hydrogens (tertiary/aromatic N) is 1. The van der Waals surface area contributed by atoms with Gasteiger partial charge in [0.2, 0.25) is 9.84 Å². The zero-order valence-electron chi connectivity index (χ0n) is 14.8. The fraction of sp³-hybridized carbons (Fsp3) is 0.0476. The molecule has 0 fully saturated rings. The molecule has 0 unspecified atom stereocenters. The Morgan fingerprint density at radius 3 is 2.21 bits per heavy atom. The minimum Gasteiger partial charge on any atom is -0.320 e. The van der Waals surface area contributed by atoms with Crippen LogP contribution in [0, 0.1) is 6.92 Å². The molecule has 0 saturated carbocycles. The summed E-state index contributed by atoms with van der Waals surface area (Å²) in [5, 5.41) is 3.35. The molecule has 28 heavy (non-hydrogen) atoms. The maximum absolute atomic E-state index is 12.7. The summed E-state index contributed by atoms with van der Waals surface area (Å²) in [6, 6.07) is 17.8. The number of hydrogen-bond donors (Lipinski definition) is 1. The molecule has 1 aliphatic rings. The van der Waals surface area contributed by atoms with Crippen LogP contribution in [-0.4, -0.2) is 20.0 Å². The molecule has 3 aromatic rings. The molecule has 0 aliphatic carbocycles. The Labute approximate surface area is 167 Å². The third kappa shape index (κ3) is 3.10. The SMILES string of the molecule is Cc1c(Cl)ccc2c1NC(=O)C2=Nc1ccc(S(=O)(=O)c2ccccc2)cc1. The Kier molecular flexibility index (Phi) is 4.53. The van der Waals surface area contributed by atoms with E-state index in [9.17, 15) is 13.2 Å². The third-order valence-electron chi connectivity index (χ3n) is 4.55. The summed E-state index contributed by atoms with van der Waals surface area (Å²) in [6.07, 6.45) is 0. The number of hydrogen-bond acceptors (Lipinski definition) is 4. The van der Waals surface area contributed by atoms with Gasteiger partial charge in [0.25, 0.3) is 5.91 Å². The second-order valence-corrected chi connectivity index (χ2v) is 8.68. The number of rotatable bonds is 3. The Morgan fingerprint density at radius 1 is 0.893 bits per heavy atom. The fourth-order valence-corrected chi connectivity index (χ4v) is 4.45. The lowest BCUT2D eigenvalue weighted by atomic mass is 10.1. The number of fused-ring (bicyclic) bond motifs is 1. The van der Waals surface area contributed by atoms with E-state index in [0.29, 0.717) is 22.0 Å². The maximum Gasteiger partial charge on any atom is 0.275 e. The smallest absolute Gasteiger partial charge is 0.275 e. The number of benzene rings is 3. The zero-order chi connectivity index (χ0) is 19.9.